The molecule has 0 aliphatic carbocycles. The number of amides is 1. The van der Waals surface area contributed by atoms with Crippen LogP contribution >= 0.6 is 0 Å². The highest BCUT2D eigenvalue weighted by molar-refractivity contribution is 5.82. The van der Waals surface area contributed by atoms with Crippen LogP contribution in [0.2, 0.25) is 0 Å². The Hall–Kier alpha value is -0.570. The zero-order valence-electron chi connectivity index (χ0n) is 8.49. The molecule has 3 heteroatoms. The van der Waals surface area contributed by atoms with Crippen molar-refractivity contribution in [3.8, 4) is 0 Å². The van der Waals surface area contributed by atoms with Crippen molar-refractivity contribution >= 4 is 5.91 Å². The van der Waals surface area contributed by atoms with Crippen LogP contribution in [0.25, 0.3) is 0 Å². The summed E-state index contributed by atoms with van der Waals surface area (Å²) in [6.07, 6.45) is 2.32. The van der Waals surface area contributed by atoms with Gasteiger partial charge >= 0.3 is 0 Å². The summed E-state index contributed by atoms with van der Waals surface area (Å²) in [6, 6.07) is 0.197. The third kappa shape index (κ3) is 1.57. The molecular weight excluding hydrogens is 164 g/mol. The largest absolute Gasteiger partial charge is 0.343 e. The summed E-state index contributed by atoms with van der Waals surface area (Å²) in [6.45, 7) is 5.34. The molecule has 2 rings (SSSR count). The summed E-state index contributed by atoms with van der Waals surface area (Å²) in [4.78, 5) is 16.0. The van der Waals surface area contributed by atoms with E-state index in [1.807, 2.05) is 11.9 Å². The van der Waals surface area contributed by atoms with Crippen molar-refractivity contribution in [3.05, 3.63) is 0 Å². The van der Waals surface area contributed by atoms with Crippen molar-refractivity contribution in [1.29, 1.82) is 0 Å². The van der Waals surface area contributed by atoms with E-state index in [4.69, 9.17) is 0 Å². The number of nitrogens with zero attached hydrogens (tertiary/aromatic N) is 2. The predicted octanol–water partition coefficient (Wildman–Crippen LogP) is 0.559. The molecule has 3 nitrogen and oxygen atoms in total. The van der Waals surface area contributed by atoms with Crippen LogP contribution in [0.1, 0.15) is 19.8 Å². The SMILES string of the molecule is CC1CCN2CCN(C)C(=O)C2C1. The molecule has 0 aromatic heterocycles. The molecule has 0 N–H and O–H groups in total. The van der Waals surface area contributed by atoms with Crippen LogP contribution < -0.4 is 0 Å². The first kappa shape index (κ1) is 9.00. The van der Waals surface area contributed by atoms with E-state index < -0.39 is 0 Å². The molecule has 2 atom stereocenters. The van der Waals surface area contributed by atoms with Crippen molar-refractivity contribution in [3.63, 3.8) is 0 Å². The highest BCUT2D eigenvalue weighted by Crippen LogP contribution is 2.25. The molecule has 0 aromatic rings. The minimum absolute atomic E-state index is 0.197. The smallest absolute Gasteiger partial charge is 0.239 e. The quantitative estimate of drug-likeness (QED) is 0.546. The Morgan fingerprint density at radius 3 is 2.85 bits per heavy atom. The monoisotopic (exact) mass is 182 g/mol. The van der Waals surface area contributed by atoms with Crippen molar-refractivity contribution in [2.45, 2.75) is 25.8 Å². The fourth-order valence-corrected chi connectivity index (χ4v) is 2.36. The third-order valence-electron chi connectivity index (χ3n) is 3.36. The van der Waals surface area contributed by atoms with Gasteiger partial charge in [-0.1, -0.05) is 6.92 Å². The number of hydrogen-bond donors (Lipinski definition) is 0. The Balaban J connectivity index is 2.08. The molecule has 2 saturated heterocycles. The second kappa shape index (κ2) is 3.29. The van der Waals surface area contributed by atoms with Gasteiger partial charge in [-0.05, 0) is 25.3 Å². The summed E-state index contributed by atoms with van der Waals surface area (Å²) in [5.41, 5.74) is 0. The number of carbonyl (C=O) groups excluding carboxylic acids is 1. The maximum absolute atomic E-state index is 11.8. The van der Waals surface area contributed by atoms with Crippen molar-refractivity contribution in [1.82, 2.24) is 9.80 Å². The van der Waals surface area contributed by atoms with Gasteiger partial charge in [0.2, 0.25) is 5.91 Å². The lowest BCUT2D eigenvalue weighted by Gasteiger charge is -2.43. The van der Waals surface area contributed by atoms with Gasteiger partial charge in [0.05, 0.1) is 6.04 Å². The zero-order valence-corrected chi connectivity index (χ0v) is 8.49. The summed E-state index contributed by atoms with van der Waals surface area (Å²) in [5, 5.41) is 0. The Kier molecular flexibility index (Phi) is 2.28. The van der Waals surface area contributed by atoms with E-state index in [1.165, 1.54) is 6.42 Å². The molecule has 74 valence electrons. The molecule has 13 heavy (non-hydrogen) atoms. The molecule has 2 aliphatic heterocycles. The molecule has 0 radical (unpaired) electrons. The fraction of sp³-hybridized carbons (Fsp3) is 0.900. The molecule has 2 heterocycles. The number of rotatable bonds is 0. The van der Waals surface area contributed by atoms with Crippen LogP contribution in [0, 0.1) is 5.92 Å². The van der Waals surface area contributed by atoms with E-state index in [2.05, 4.69) is 11.8 Å². The van der Waals surface area contributed by atoms with Gasteiger partial charge in [-0.2, -0.15) is 0 Å². The fourth-order valence-electron chi connectivity index (χ4n) is 2.36. The Morgan fingerprint density at radius 2 is 2.08 bits per heavy atom. The molecule has 1 amide bonds. The number of likely N-dealkylation sites (N-methyl/N-ethyl adjacent to an activating group) is 1. The predicted molar refractivity (Wildman–Crippen MR) is 51.4 cm³/mol. The van der Waals surface area contributed by atoms with Crippen LogP contribution in [-0.2, 0) is 4.79 Å². The number of hydrogen-bond acceptors (Lipinski definition) is 2. The van der Waals surface area contributed by atoms with E-state index in [9.17, 15) is 4.79 Å². The van der Waals surface area contributed by atoms with Crippen LogP contribution in [-0.4, -0.2) is 48.4 Å². The lowest BCUT2D eigenvalue weighted by Crippen LogP contribution is -2.58. The van der Waals surface area contributed by atoms with Crippen molar-refractivity contribution in [2.75, 3.05) is 26.7 Å². The molecule has 2 fully saturated rings. The normalized spacial score (nSPS) is 36.2. The van der Waals surface area contributed by atoms with Crippen molar-refractivity contribution < 1.29 is 4.79 Å². The molecule has 0 bridgehead atoms. The maximum atomic E-state index is 11.8. The van der Waals surface area contributed by atoms with Crippen LogP contribution in [0.4, 0.5) is 0 Å². The lowest BCUT2D eigenvalue weighted by molar-refractivity contribution is -0.142. The van der Waals surface area contributed by atoms with E-state index in [-0.39, 0.29) is 6.04 Å². The van der Waals surface area contributed by atoms with E-state index >= 15 is 0 Å². The van der Waals surface area contributed by atoms with Crippen LogP contribution in [0.3, 0.4) is 0 Å². The molecule has 0 saturated carbocycles. The van der Waals surface area contributed by atoms with E-state index in [1.54, 1.807) is 0 Å². The minimum atomic E-state index is 0.197. The molecule has 2 unspecified atom stereocenters. The average molecular weight is 182 g/mol. The summed E-state index contributed by atoms with van der Waals surface area (Å²) >= 11 is 0. The number of piperazine rings is 1. The minimum Gasteiger partial charge on any atom is -0.343 e. The number of piperidine rings is 1. The van der Waals surface area contributed by atoms with E-state index in [0.29, 0.717) is 5.91 Å². The van der Waals surface area contributed by atoms with Gasteiger partial charge in [0.25, 0.3) is 0 Å². The number of carbonyl (C=O) groups is 1. The zero-order chi connectivity index (χ0) is 9.42. The van der Waals surface area contributed by atoms with Gasteiger partial charge < -0.3 is 4.90 Å². The number of fused-ring (bicyclic) bond motifs is 1. The highest BCUT2D eigenvalue weighted by Gasteiger charge is 2.36. The van der Waals surface area contributed by atoms with Gasteiger partial charge in [0.15, 0.2) is 0 Å². The third-order valence-corrected chi connectivity index (χ3v) is 3.36. The first-order chi connectivity index (χ1) is 6.18. The van der Waals surface area contributed by atoms with Gasteiger partial charge in [-0.25, -0.2) is 0 Å². The van der Waals surface area contributed by atoms with Crippen LogP contribution in [0.5, 0.6) is 0 Å². The first-order valence-electron chi connectivity index (χ1n) is 5.17. The highest BCUT2D eigenvalue weighted by atomic mass is 16.2. The lowest BCUT2D eigenvalue weighted by atomic mass is 9.90. The topological polar surface area (TPSA) is 23.6 Å². The average Bonchev–Trinajstić information content (AvgIpc) is 2.12. The second-order valence-electron chi connectivity index (χ2n) is 4.44. The van der Waals surface area contributed by atoms with Gasteiger partial charge in [-0.15, -0.1) is 0 Å². The summed E-state index contributed by atoms with van der Waals surface area (Å²) in [7, 11) is 1.92. The van der Waals surface area contributed by atoms with E-state index in [0.717, 1.165) is 32.0 Å². The summed E-state index contributed by atoms with van der Waals surface area (Å²) < 4.78 is 0. The standard InChI is InChI=1S/C10H18N2O/c1-8-3-4-12-6-5-11(2)10(13)9(12)7-8/h8-9H,3-7H2,1-2H3. The molecular formula is C10H18N2O. The van der Waals surface area contributed by atoms with Crippen LogP contribution in [0.15, 0.2) is 0 Å². The van der Waals surface area contributed by atoms with Gasteiger partial charge in [0, 0.05) is 20.1 Å². The Bertz CT molecular complexity index is 215. The van der Waals surface area contributed by atoms with Crippen molar-refractivity contribution in [2.24, 2.45) is 5.92 Å². The second-order valence-corrected chi connectivity index (χ2v) is 4.44. The summed E-state index contributed by atoms with van der Waals surface area (Å²) in [5.74, 6) is 1.05. The molecule has 2 aliphatic rings. The molecule has 0 aromatic carbocycles. The van der Waals surface area contributed by atoms with Gasteiger partial charge in [0.1, 0.15) is 0 Å². The van der Waals surface area contributed by atoms with Gasteiger partial charge in [-0.3, -0.25) is 9.69 Å². The maximum Gasteiger partial charge on any atom is 0.239 e. The first-order valence-corrected chi connectivity index (χ1v) is 5.17. The Morgan fingerprint density at radius 1 is 1.31 bits per heavy atom. The molecule has 0 spiro atoms. The Labute approximate surface area is 79.7 Å².